The largest absolute Gasteiger partial charge is 0.380 e. The summed E-state index contributed by atoms with van der Waals surface area (Å²) in [4.78, 5) is 15.4. The van der Waals surface area contributed by atoms with Crippen LogP contribution in [0.15, 0.2) is 17.1 Å². The maximum atomic E-state index is 11.5. The fourth-order valence-electron chi connectivity index (χ4n) is 1.50. The van der Waals surface area contributed by atoms with Crippen molar-refractivity contribution in [3.8, 4) is 0 Å². The number of nitrogens with one attached hydrogen (secondary N) is 1. The summed E-state index contributed by atoms with van der Waals surface area (Å²) in [5.74, 6) is 0. The van der Waals surface area contributed by atoms with E-state index < -0.39 is 0 Å². The molecule has 0 amide bonds. The number of hydrogen-bond donors (Lipinski definition) is 1. The number of ether oxygens (including phenoxy) is 1. The van der Waals surface area contributed by atoms with E-state index in [1.807, 2.05) is 13.0 Å². The molecule has 18 heavy (non-hydrogen) atoms. The zero-order valence-electron chi connectivity index (χ0n) is 11.3. The van der Waals surface area contributed by atoms with E-state index in [-0.39, 0.29) is 5.69 Å². The van der Waals surface area contributed by atoms with Crippen molar-refractivity contribution in [2.75, 3.05) is 26.3 Å². The first-order chi connectivity index (χ1) is 8.74. The molecule has 102 valence electrons. The van der Waals surface area contributed by atoms with Gasteiger partial charge in [0, 0.05) is 38.1 Å². The van der Waals surface area contributed by atoms with Crippen LogP contribution in [0.4, 0.5) is 0 Å². The zero-order chi connectivity index (χ0) is 13.2. The Hall–Kier alpha value is -1.20. The second kappa shape index (κ2) is 8.83. The lowest BCUT2D eigenvalue weighted by Crippen LogP contribution is -2.30. The van der Waals surface area contributed by atoms with Crippen molar-refractivity contribution in [3.05, 3.63) is 28.4 Å². The van der Waals surface area contributed by atoms with Crippen molar-refractivity contribution in [2.24, 2.45) is 0 Å². The van der Waals surface area contributed by atoms with Crippen molar-refractivity contribution in [1.82, 2.24) is 14.9 Å². The summed E-state index contributed by atoms with van der Waals surface area (Å²) in [5.41, 5.74) is 0.574. The predicted molar refractivity (Wildman–Crippen MR) is 71.8 cm³/mol. The smallest absolute Gasteiger partial charge is 0.347 e. The molecule has 1 N–H and O–H groups in total. The maximum absolute atomic E-state index is 11.5. The van der Waals surface area contributed by atoms with Crippen LogP contribution in [-0.4, -0.2) is 35.9 Å². The second-order valence-corrected chi connectivity index (χ2v) is 4.26. The topological polar surface area (TPSA) is 56.1 Å². The molecule has 0 aliphatic heterocycles. The molecule has 5 heteroatoms. The maximum Gasteiger partial charge on any atom is 0.347 e. The molecule has 1 rings (SSSR count). The minimum atomic E-state index is -0.184. The van der Waals surface area contributed by atoms with Crippen molar-refractivity contribution in [3.63, 3.8) is 0 Å². The SMILES string of the molecule is CCCCOCCNCCn1ccc(C)nc1=O. The molecule has 0 saturated carbocycles. The first-order valence-corrected chi connectivity index (χ1v) is 6.56. The Morgan fingerprint density at radius 1 is 1.39 bits per heavy atom. The average Bonchev–Trinajstić information content (AvgIpc) is 2.35. The highest BCUT2D eigenvalue weighted by atomic mass is 16.5. The summed E-state index contributed by atoms with van der Waals surface area (Å²) in [7, 11) is 0. The molecule has 1 heterocycles. The second-order valence-electron chi connectivity index (χ2n) is 4.26. The Morgan fingerprint density at radius 2 is 2.22 bits per heavy atom. The number of aromatic nitrogens is 2. The van der Waals surface area contributed by atoms with Crippen LogP contribution in [0.25, 0.3) is 0 Å². The first-order valence-electron chi connectivity index (χ1n) is 6.56. The summed E-state index contributed by atoms with van der Waals surface area (Å²) in [5, 5.41) is 3.24. The van der Waals surface area contributed by atoms with Crippen LogP contribution in [0.5, 0.6) is 0 Å². The minimum absolute atomic E-state index is 0.184. The van der Waals surface area contributed by atoms with Crippen LogP contribution in [0.3, 0.4) is 0 Å². The predicted octanol–water partition coefficient (Wildman–Crippen LogP) is 0.958. The summed E-state index contributed by atoms with van der Waals surface area (Å²) in [6.45, 7) is 7.73. The molecule has 0 aromatic carbocycles. The fraction of sp³-hybridized carbons (Fsp3) is 0.692. The van der Waals surface area contributed by atoms with Gasteiger partial charge in [0.1, 0.15) is 0 Å². The molecule has 0 bridgehead atoms. The molecule has 0 saturated heterocycles. The molecule has 0 aliphatic carbocycles. The monoisotopic (exact) mass is 253 g/mol. The lowest BCUT2D eigenvalue weighted by molar-refractivity contribution is 0.133. The van der Waals surface area contributed by atoms with E-state index >= 15 is 0 Å². The number of rotatable bonds is 9. The Labute approximate surface area is 108 Å². The van der Waals surface area contributed by atoms with E-state index in [1.54, 1.807) is 10.8 Å². The van der Waals surface area contributed by atoms with Gasteiger partial charge < -0.3 is 10.1 Å². The standard InChI is InChI=1S/C13H23N3O2/c1-3-4-10-18-11-7-14-6-9-16-8-5-12(2)15-13(16)17/h5,8,14H,3-4,6-7,9-11H2,1-2H3. The van der Waals surface area contributed by atoms with Crippen LogP contribution in [0.2, 0.25) is 0 Å². The van der Waals surface area contributed by atoms with Gasteiger partial charge in [-0.3, -0.25) is 4.57 Å². The van der Waals surface area contributed by atoms with Gasteiger partial charge in [-0.2, -0.15) is 4.98 Å². The number of nitrogens with zero attached hydrogens (tertiary/aromatic N) is 2. The van der Waals surface area contributed by atoms with Crippen molar-refractivity contribution in [1.29, 1.82) is 0 Å². The van der Waals surface area contributed by atoms with Crippen LogP contribution in [0.1, 0.15) is 25.5 Å². The van der Waals surface area contributed by atoms with Gasteiger partial charge in [0.2, 0.25) is 0 Å². The summed E-state index contributed by atoms with van der Waals surface area (Å²) < 4.78 is 7.03. The van der Waals surface area contributed by atoms with E-state index in [0.717, 1.165) is 44.8 Å². The molecule has 0 aliphatic rings. The highest BCUT2D eigenvalue weighted by molar-refractivity contribution is 4.95. The van der Waals surface area contributed by atoms with E-state index in [0.29, 0.717) is 6.54 Å². The van der Waals surface area contributed by atoms with Crippen molar-refractivity contribution >= 4 is 0 Å². The molecule has 0 fully saturated rings. The minimum Gasteiger partial charge on any atom is -0.380 e. The third-order valence-electron chi connectivity index (χ3n) is 2.61. The average molecular weight is 253 g/mol. The van der Waals surface area contributed by atoms with Crippen LogP contribution in [-0.2, 0) is 11.3 Å². The Kier molecular flexibility index (Phi) is 7.29. The Morgan fingerprint density at radius 3 is 2.94 bits per heavy atom. The molecule has 1 aromatic rings. The third kappa shape index (κ3) is 5.93. The molecule has 0 radical (unpaired) electrons. The number of unbranched alkanes of at least 4 members (excludes halogenated alkanes) is 1. The van der Waals surface area contributed by atoms with Gasteiger partial charge in [0.15, 0.2) is 0 Å². The molecular formula is C13H23N3O2. The number of aryl methyl sites for hydroxylation is 1. The van der Waals surface area contributed by atoms with E-state index in [9.17, 15) is 4.79 Å². The van der Waals surface area contributed by atoms with Gasteiger partial charge in [-0.1, -0.05) is 13.3 Å². The zero-order valence-corrected chi connectivity index (χ0v) is 11.3. The quantitative estimate of drug-likeness (QED) is 0.666. The molecule has 1 aromatic heterocycles. The third-order valence-corrected chi connectivity index (χ3v) is 2.61. The van der Waals surface area contributed by atoms with E-state index in [1.165, 1.54) is 0 Å². The Balaban J connectivity index is 2.09. The van der Waals surface area contributed by atoms with Gasteiger partial charge in [-0.15, -0.1) is 0 Å². The van der Waals surface area contributed by atoms with Crippen molar-refractivity contribution < 1.29 is 4.74 Å². The molecule has 5 nitrogen and oxygen atoms in total. The molecule has 0 atom stereocenters. The van der Waals surface area contributed by atoms with Crippen molar-refractivity contribution in [2.45, 2.75) is 33.2 Å². The van der Waals surface area contributed by atoms with Crippen LogP contribution < -0.4 is 11.0 Å². The van der Waals surface area contributed by atoms with E-state index in [4.69, 9.17) is 4.74 Å². The molecule has 0 spiro atoms. The van der Waals surface area contributed by atoms with E-state index in [2.05, 4.69) is 17.2 Å². The Bertz CT molecular complexity index is 390. The van der Waals surface area contributed by atoms with Gasteiger partial charge >= 0.3 is 5.69 Å². The lowest BCUT2D eigenvalue weighted by Gasteiger charge is -2.07. The first kappa shape index (κ1) is 14.9. The lowest BCUT2D eigenvalue weighted by atomic mass is 10.4. The van der Waals surface area contributed by atoms with Gasteiger partial charge in [-0.05, 0) is 19.4 Å². The van der Waals surface area contributed by atoms with Gasteiger partial charge in [0.05, 0.1) is 6.61 Å². The molecular weight excluding hydrogens is 230 g/mol. The summed E-state index contributed by atoms with van der Waals surface area (Å²) in [6.07, 6.45) is 4.06. The molecule has 0 unspecified atom stereocenters. The highest BCUT2D eigenvalue weighted by Crippen LogP contribution is 1.87. The number of hydrogen-bond acceptors (Lipinski definition) is 4. The fourth-order valence-corrected chi connectivity index (χ4v) is 1.50. The van der Waals surface area contributed by atoms with Gasteiger partial charge in [-0.25, -0.2) is 4.79 Å². The summed E-state index contributed by atoms with van der Waals surface area (Å²) >= 11 is 0. The van der Waals surface area contributed by atoms with Gasteiger partial charge in [0.25, 0.3) is 0 Å². The normalized spacial score (nSPS) is 10.8. The van der Waals surface area contributed by atoms with Crippen LogP contribution >= 0.6 is 0 Å². The summed E-state index contributed by atoms with van der Waals surface area (Å²) in [6, 6.07) is 1.84. The highest BCUT2D eigenvalue weighted by Gasteiger charge is 1.96. The van der Waals surface area contributed by atoms with Crippen LogP contribution in [0, 0.1) is 6.92 Å².